The van der Waals surface area contributed by atoms with Crippen molar-refractivity contribution in [2.24, 2.45) is 11.8 Å². The molecule has 2 saturated heterocycles. The number of aliphatic hydroxyl groups excluding tert-OH is 1. The number of fused-ring (bicyclic) bond motifs is 5. The van der Waals surface area contributed by atoms with E-state index in [1.165, 1.54) is 7.11 Å². The van der Waals surface area contributed by atoms with Gasteiger partial charge in [0.1, 0.15) is 29.2 Å². The van der Waals surface area contributed by atoms with Gasteiger partial charge in [-0.15, -0.1) is 0 Å². The number of carbonyl (C=O) groups excluding carboxylic acids is 2. The number of hydrogen-bond acceptors (Lipinski definition) is 10. The van der Waals surface area contributed by atoms with Gasteiger partial charge in [-0.05, 0) is 93.3 Å². The molecule has 69 heavy (non-hydrogen) atoms. The number of carbonyl (C=O) groups is 3. The third-order valence-corrected chi connectivity index (χ3v) is 13.8. The van der Waals surface area contributed by atoms with Gasteiger partial charge in [-0.2, -0.15) is 0 Å². The number of rotatable bonds is 16. The molecule has 17 heteroatoms. The minimum absolute atomic E-state index is 0.0360. The van der Waals surface area contributed by atoms with Gasteiger partial charge in [-0.25, -0.2) is 14.8 Å². The molecule has 0 aliphatic carbocycles. The molecule has 6 heterocycles. The topological polar surface area (TPSA) is 212 Å². The lowest BCUT2D eigenvalue weighted by atomic mass is 10.0. The van der Waals surface area contributed by atoms with E-state index in [1.807, 2.05) is 63.1 Å². The quantitative estimate of drug-likeness (QED) is 0.0508. The Balaban J connectivity index is 1.04. The van der Waals surface area contributed by atoms with Crippen molar-refractivity contribution < 1.29 is 38.8 Å². The Morgan fingerprint density at radius 3 is 2.06 bits per heavy atom. The number of amides is 3. The summed E-state index contributed by atoms with van der Waals surface area (Å²) in [5.41, 5.74) is 7.19. The van der Waals surface area contributed by atoms with E-state index in [2.05, 4.69) is 81.5 Å². The van der Waals surface area contributed by atoms with Crippen molar-refractivity contribution in [3.8, 4) is 45.3 Å². The molecule has 6 aromatic rings. The number of methoxy groups -OCH3 is 1. The zero-order chi connectivity index (χ0) is 48.7. The summed E-state index contributed by atoms with van der Waals surface area (Å²) in [5, 5.41) is 25.9. The molecule has 0 saturated carbocycles. The van der Waals surface area contributed by atoms with Gasteiger partial charge in [0, 0.05) is 47.8 Å². The van der Waals surface area contributed by atoms with Gasteiger partial charge in [-0.1, -0.05) is 58.9 Å². The van der Waals surface area contributed by atoms with Crippen LogP contribution >= 0.6 is 0 Å². The van der Waals surface area contributed by atoms with Crippen LogP contribution in [0.25, 0.3) is 44.7 Å². The number of H-pyrrole nitrogens is 2. The predicted molar refractivity (Wildman–Crippen MR) is 260 cm³/mol. The highest BCUT2D eigenvalue weighted by Gasteiger charge is 2.39. The molecule has 3 amide bonds. The highest BCUT2D eigenvalue weighted by Crippen LogP contribution is 2.47. The minimum Gasteiger partial charge on any atom is -0.491 e. The van der Waals surface area contributed by atoms with Crippen molar-refractivity contribution >= 4 is 28.8 Å². The number of benzene rings is 3. The van der Waals surface area contributed by atoms with Crippen molar-refractivity contribution in [3.63, 3.8) is 0 Å². The Labute approximate surface area is 401 Å². The average molecular weight is 942 g/mol. The molecule has 0 bridgehead atoms. The zero-order valence-corrected chi connectivity index (χ0v) is 40.2. The van der Waals surface area contributed by atoms with E-state index in [0.29, 0.717) is 36.9 Å². The molecule has 364 valence electrons. The fourth-order valence-corrected chi connectivity index (χ4v) is 10.0. The van der Waals surface area contributed by atoms with Gasteiger partial charge in [0.05, 0.1) is 59.2 Å². The fraction of sp³-hybridized carbons (Fsp3) is 0.442. The number of aromatic nitrogens is 5. The number of nitrogens with zero attached hydrogens (tertiary/aromatic N) is 5. The smallest absolute Gasteiger partial charge is 0.405 e. The Hall–Kier alpha value is -6.69. The van der Waals surface area contributed by atoms with Crippen LogP contribution in [-0.2, 0) is 14.3 Å². The molecule has 4 unspecified atom stereocenters. The van der Waals surface area contributed by atoms with Gasteiger partial charge < -0.3 is 54.1 Å². The van der Waals surface area contributed by atoms with E-state index in [-0.39, 0.29) is 41.8 Å². The van der Waals surface area contributed by atoms with Crippen LogP contribution < -0.4 is 20.1 Å². The number of imidazole rings is 2. The summed E-state index contributed by atoms with van der Waals surface area (Å²) in [6, 6.07) is 20.7. The number of carboxylic acid groups (broad SMARTS) is 1. The Bertz CT molecular complexity index is 2830. The van der Waals surface area contributed by atoms with Crippen molar-refractivity contribution in [2.45, 2.75) is 117 Å². The summed E-state index contributed by atoms with van der Waals surface area (Å²) in [7, 11) is 1.39. The number of likely N-dealkylation sites (tertiary alicyclic amines) is 2. The predicted octanol–water partition coefficient (Wildman–Crippen LogP) is 8.36. The minimum atomic E-state index is -1.26. The van der Waals surface area contributed by atoms with Crippen molar-refractivity contribution in [1.82, 2.24) is 44.9 Å². The second kappa shape index (κ2) is 19.7. The molecule has 3 aliphatic heterocycles. The second-order valence-electron chi connectivity index (χ2n) is 19.2. The lowest BCUT2D eigenvalue weighted by Gasteiger charge is -2.31. The van der Waals surface area contributed by atoms with Crippen LogP contribution in [0, 0.1) is 11.8 Å². The first kappa shape index (κ1) is 47.4. The largest absolute Gasteiger partial charge is 0.491 e. The molecular weight excluding hydrogens is 879 g/mol. The fourth-order valence-electron chi connectivity index (χ4n) is 10.0. The first-order chi connectivity index (χ1) is 33.2. The standard InChI is InChI=1S/C52H63N9O8/c1-8-30(6)68-35-13-9-12-33(23-35)50-61-39-19-17-31(37-26-53-46(55-37)40-14-10-20-59(40)48(62)44(28(2)3)57-51(64)65)22-34(39)24-42(61)36-18-16-32(25-43(36)69-50)38-27-54-47(56-38)41-15-11-21-60(41)49(63)45(29(4)5)58-52(66)67-7/h9,12-13,16-19,22-30,40-41,44-45,50,52,57-58,66H,8,10-11,14-15,20-21H2,1-7H3,(H,53,55)(H,54,56)(H,64,65)/t30?,40-,41?,44-,45-,50?,52?/m0/s1. The van der Waals surface area contributed by atoms with Crippen molar-refractivity contribution in [2.75, 3.05) is 20.2 Å². The first-order valence-electron chi connectivity index (χ1n) is 24.1. The number of ether oxygens (including phenoxy) is 3. The van der Waals surface area contributed by atoms with Crippen molar-refractivity contribution in [3.05, 3.63) is 96.3 Å². The molecule has 3 aliphatic rings. The molecule has 0 spiro atoms. The molecule has 0 radical (unpaired) electrons. The van der Waals surface area contributed by atoms with Crippen LogP contribution in [0.15, 0.2) is 79.1 Å². The van der Waals surface area contributed by atoms with Crippen LogP contribution in [0.1, 0.15) is 109 Å². The summed E-state index contributed by atoms with van der Waals surface area (Å²) in [6.07, 6.45) is 4.57. The number of hydrogen-bond donors (Lipinski definition) is 6. The molecule has 2 fully saturated rings. The van der Waals surface area contributed by atoms with E-state index in [1.54, 1.807) is 11.1 Å². The third kappa shape index (κ3) is 9.42. The maximum Gasteiger partial charge on any atom is 0.405 e. The highest BCUT2D eigenvalue weighted by atomic mass is 16.6. The van der Waals surface area contributed by atoms with Gasteiger partial charge in [0.2, 0.25) is 24.5 Å². The van der Waals surface area contributed by atoms with Crippen LogP contribution in [0.2, 0.25) is 0 Å². The normalized spacial score (nSPS) is 19.6. The molecule has 7 atom stereocenters. The van der Waals surface area contributed by atoms with E-state index >= 15 is 0 Å². The number of nitrogens with one attached hydrogen (secondary N) is 4. The van der Waals surface area contributed by atoms with Crippen LogP contribution in [-0.4, -0.2) is 107 Å². The molecule has 9 rings (SSSR count). The van der Waals surface area contributed by atoms with Gasteiger partial charge in [0.15, 0.2) is 0 Å². The van der Waals surface area contributed by atoms with E-state index in [9.17, 15) is 24.6 Å². The third-order valence-electron chi connectivity index (χ3n) is 13.8. The van der Waals surface area contributed by atoms with Crippen LogP contribution in [0.5, 0.6) is 11.5 Å². The Morgan fingerprint density at radius 1 is 0.826 bits per heavy atom. The lowest BCUT2D eigenvalue weighted by Crippen LogP contribution is -2.52. The Morgan fingerprint density at radius 2 is 1.45 bits per heavy atom. The van der Waals surface area contributed by atoms with Gasteiger partial charge in [-0.3, -0.25) is 14.9 Å². The summed E-state index contributed by atoms with van der Waals surface area (Å²) < 4.78 is 20.6. The summed E-state index contributed by atoms with van der Waals surface area (Å²) >= 11 is 0. The average Bonchev–Trinajstić information content (AvgIpc) is 4.20. The molecule has 17 nitrogen and oxygen atoms in total. The molecular formula is C52H63N9O8. The van der Waals surface area contributed by atoms with E-state index in [4.69, 9.17) is 24.2 Å². The van der Waals surface area contributed by atoms with Crippen LogP contribution in [0.3, 0.4) is 0 Å². The monoisotopic (exact) mass is 941 g/mol. The molecule has 3 aromatic carbocycles. The van der Waals surface area contributed by atoms with Crippen LogP contribution in [0.4, 0.5) is 4.79 Å². The van der Waals surface area contributed by atoms with Crippen molar-refractivity contribution in [1.29, 1.82) is 0 Å². The molecule has 6 N–H and O–H groups in total. The SMILES string of the molecule is CCC(C)Oc1cccc(C2Oc3cc(-c4cnc(C5CCCN5C(=O)[C@@H](NC(O)OC)C(C)C)[nH]4)ccc3-c3cc4cc(-c5cnc([C@@H]6CCCN6C(=O)[C@@H](NC(=O)O)C(C)C)[nH]5)ccc4n32)c1. The number of aliphatic hydroxyl groups is 1. The molecule has 3 aromatic heterocycles. The number of aromatic amines is 2. The zero-order valence-electron chi connectivity index (χ0n) is 40.2. The summed E-state index contributed by atoms with van der Waals surface area (Å²) in [6.45, 7) is 12.8. The highest BCUT2D eigenvalue weighted by molar-refractivity contribution is 5.93. The van der Waals surface area contributed by atoms with Gasteiger partial charge >= 0.3 is 6.09 Å². The van der Waals surface area contributed by atoms with E-state index in [0.717, 1.165) is 81.7 Å². The summed E-state index contributed by atoms with van der Waals surface area (Å²) in [5.74, 6) is 2.16. The van der Waals surface area contributed by atoms with Gasteiger partial charge in [0.25, 0.3) is 0 Å². The maximum absolute atomic E-state index is 13.9. The lowest BCUT2D eigenvalue weighted by molar-refractivity contribution is -0.145. The second-order valence-corrected chi connectivity index (χ2v) is 19.2. The summed E-state index contributed by atoms with van der Waals surface area (Å²) in [4.78, 5) is 59.3. The maximum atomic E-state index is 13.9. The Kier molecular flexibility index (Phi) is 13.5. The van der Waals surface area contributed by atoms with E-state index < -0.39 is 30.8 Å². The first-order valence-corrected chi connectivity index (χ1v) is 24.1.